The minimum absolute atomic E-state index is 0.245. The van der Waals surface area contributed by atoms with Crippen molar-refractivity contribution >= 4 is 6.09 Å². The van der Waals surface area contributed by atoms with Gasteiger partial charge in [-0.3, -0.25) is 4.90 Å². The highest BCUT2D eigenvalue weighted by Gasteiger charge is 2.29. The fourth-order valence-corrected chi connectivity index (χ4v) is 2.44. The minimum atomic E-state index is -0.448. The second-order valence-corrected chi connectivity index (χ2v) is 6.62. The highest BCUT2D eigenvalue weighted by molar-refractivity contribution is 5.71. The third-order valence-electron chi connectivity index (χ3n) is 3.71. The Morgan fingerprint density at radius 1 is 1.40 bits per heavy atom. The summed E-state index contributed by atoms with van der Waals surface area (Å²) in [5.41, 5.74) is 3.11. The van der Waals surface area contributed by atoms with Crippen LogP contribution in [0.5, 0.6) is 0 Å². The SMILES string of the molecule is C=C/C(=C\C1=C(C)N(C(=O)OC(C)(C)C)CC1)C1CC1. The number of amides is 1. The highest BCUT2D eigenvalue weighted by atomic mass is 16.6. The number of carbonyl (C=O) groups excluding carboxylic acids is 1. The number of carbonyl (C=O) groups is 1. The number of hydrogen-bond donors (Lipinski definition) is 0. The molecule has 2 aliphatic rings. The average molecular weight is 275 g/mol. The molecule has 20 heavy (non-hydrogen) atoms. The fraction of sp³-hybridized carbons (Fsp3) is 0.588. The molecule has 3 nitrogen and oxygen atoms in total. The molecule has 1 heterocycles. The van der Waals surface area contributed by atoms with Crippen LogP contribution in [0.4, 0.5) is 4.79 Å². The van der Waals surface area contributed by atoms with E-state index in [1.54, 1.807) is 4.90 Å². The molecule has 3 heteroatoms. The van der Waals surface area contributed by atoms with E-state index in [-0.39, 0.29) is 6.09 Å². The molecular formula is C17H25NO2. The molecule has 0 aromatic carbocycles. The standard InChI is InChI=1S/C17H25NO2/c1-6-13(14-7-8-14)11-15-9-10-18(12(15)2)16(19)20-17(3,4)5/h6,11,14H,1,7-10H2,2-5H3/b13-11+. The number of nitrogens with zero attached hydrogens (tertiary/aromatic N) is 1. The quantitative estimate of drug-likeness (QED) is 0.713. The Labute approximate surface area is 122 Å². The van der Waals surface area contributed by atoms with Crippen LogP contribution in [0.3, 0.4) is 0 Å². The van der Waals surface area contributed by atoms with Gasteiger partial charge < -0.3 is 4.74 Å². The van der Waals surface area contributed by atoms with Crippen molar-refractivity contribution in [1.29, 1.82) is 0 Å². The van der Waals surface area contributed by atoms with E-state index in [9.17, 15) is 4.79 Å². The van der Waals surface area contributed by atoms with E-state index in [2.05, 4.69) is 12.7 Å². The molecule has 0 aromatic heterocycles. The maximum atomic E-state index is 12.1. The van der Waals surface area contributed by atoms with Crippen LogP contribution >= 0.6 is 0 Å². The summed E-state index contributed by atoms with van der Waals surface area (Å²) >= 11 is 0. The van der Waals surface area contributed by atoms with Crippen molar-refractivity contribution in [3.05, 3.63) is 35.6 Å². The lowest BCUT2D eigenvalue weighted by molar-refractivity contribution is 0.0331. The topological polar surface area (TPSA) is 29.5 Å². The lowest BCUT2D eigenvalue weighted by Crippen LogP contribution is -2.34. The Balaban J connectivity index is 2.12. The van der Waals surface area contributed by atoms with Gasteiger partial charge >= 0.3 is 6.09 Å². The second-order valence-electron chi connectivity index (χ2n) is 6.62. The molecule has 2 rings (SSSR count). The first-order chi connectivity index (χ1) is 9.31. The summed E-state index contributed by atoms with van der Waals surface area (Å²) in [6, 6.07) is 0. The first-order valence-electron chi connectivity index (χ1n) is 7.36. The van der Waals surface area contributed by atoms with Crippen LogP contribution in [-0.2, 0) is 4.74 Å². The van der Waals surface area contributed by atoms with Gasteiger partial charge in [0.1, 0.15) is 5.60 Å². The Morgan fingerprint density at radius 2 is 2.05 bits per heavy atom. The first kappa shape index (κ1) is 14.9. The largest absolute Gasteiger partial charge is 0.443 e. The highest BCUT2D eigenvalue weighted by Crippen LogP contribution is 2.38. The molecule has 0 radical (unpaired) electrons. The van der Waals surface area contributed by atoms with E-state index < -0.39 is 5.60 Å². The lowest BCUT2D eigenvalue weighted by atomic mass is 10.1. The number of hydrogen-bond acceptors (Lipinski definition) is 2. The third-order valence-corrected chi connectivity index (χ3v) is 3.71. The van der Waals surface area contributed by atoms with Crippen LogP contribution in [-0.4, -0.2) is 23.1 Å². The van der Waals surface area contributed by atoms with Crippen molar-refractivity contribution in [2.45, 2.75) is 52.6 Å². The van der Waals surface area contributed by atoms with Crippen LogP contribution in [0.25, 0.3) is 0 Å². The monoisotopic (exact) mass is 275 g/mol. The molecule has 0 saturated heterocycles. The maximum Gasteiger partial charge on any atom is 0.414 e. The summed E-state index contributed by atoms with van der Waals surface area (Å²) in [5.74, 6) is 0.684. The van der Waals surface area contributed by atoms with Crippen LogP contribution < -0.4 is 0 Å². The maximum absolute atomic E-state index is 12.1. The lowest BCUT2D eigenvalue weighted by Gasteiger charge is -2.25. The van der Waals surface area contributed by atoms with Gasteiger partial charge in [0.05, 0.1) is 0 Å². The molecule has 1 aliphatic carbocycles. The van der Waals surface area contributed by atoms with Crippen molar-refractivity contribution in [2.75, 3.05) is 6.54 Å². The Hall–Kier alpha value is -1.51. The molecule has 1 amide bonds. The van der Waals surface area contributed by atoms with Gasteiger partial charge in [-0.25, -0.2) is 4.79 Å². The zero-order valence-corrected chi connectivity index (χ0v) is 13.0. The Kier molecular flexibility index (Phi) is 4.07. The summed E-state index contributed by atoms with van der Waals surface area (Å²) in [7, 11) is 0. The normalized spacial score (nSPS) is 20.4. The number of allylic oxidation sites excluding steroid dienone is 4. The third kappa shape index (κ3) is 3.53. The molecular weight excluding hydrogens is 250 g/mol. The molecule has 0 unspecified atom stereocenters. The molecule has 110 valence electrons. The molecule has 0 N–H and O–H groups in total. The molecule has 1 aliphatic heterocycles. The van der Waals surface area contributed by atoms with Crippen LogP contribution in [0.2, 0.25) is 0 Å². The molecule has 1 saturated carbocycles. The number of ether oxygens (including phenoxy) is 1. The molecule has 0 spiro atoms. The Morgan fingerprint density at radius 3 is 2.55 bits per heavy atom. The van der Waals surface area contributed by atoms with Crippen LogP contribution in [0.1, 0.15) is 47.0 Å². The van der Waals surface area contributed by atoms with Crippen molar-refractivity contribution in [2.24, 2.45) is 5.92 Å². The minimum Gasteiger partial charge on any atom is -0.443 e. The van der Waals surface area contributed by atoms with Gasteiger partial charge in [0.15, 0.2) is 0 Å². The molecule has 1 fully saturated rings. The first-order valence-corrected chi connectivity index (χ1v) is 7.36. The van der Waals surface area contributed by atoms with E-state index >= 15 is 0 Å². The van der Waals surface area contributed by atoms with Gasteiger partial charge in [0.2, 0.25) is 0 Å². The van der Waals surface area contributed by atoms with Gasteiger partial charge in [-0.15, -0.1) is 0 Å². The summed E-state index contributed by atoms with van der Waals surface area (Å²) in [6.07, 6.45) is 7.35. The van der Waals surface area contributed by atoms with Crippen molar-refractivity contribution in [3.8, 4) is 0 Å². The summed E-state index contributed by atoms with van der Waals surface area (Å²) in [4.78, 5) is 13.9. The van der Waals surface area contributed by atoms with Gasteiger partial charge in [0, 0.05) is 12.2 Å². The van der Waals surface area contributed by atoms with E-state index in [1.807, 2.05) is 33.8 Å². The van der Waals surface area contributed by atoms with E-state index in [1.165, 1.54) is 24.0 Å². The van der Waals surface area contributed by atoms with Gasteiger partial charge in [-0.2, -0.15) is 0 Å². The number of rotatable bonds is 3. The zero-order chi connectivity index (χ0) is 14.9. The predicted octanol–water partition coefficient (Wildman–Crippen LogP) is 4.42. The zero-order valence-electron chi connectivity index (χ0n) is 13.0. The van der Waals surface area contributed by atoms with Crippen molar-refractivity contribution < 1.29 is 9.53 Å². The van der Waals surface area contributed by atoms with Crippen LogP contribution in [0.15, 0.2) is 35.6 Å². The van der Waals surface area contributed by atoms with Crippen molar-refractivity contribution in [1.82, 2.24) is 4.90 Å². The van der Waals surface area contributed by atoms with E-state index in [4.69, 9.17) is 4.74 Å². The summed E-state index contributed by atoms with van der Waals surface area (Å²) in [6.45, 7) is 12.3. The summed E-state index contributed by atoms with van der Waals surface area (Å²) in [5, 5.41) is 0. The van der Waals surface area contributed by atoms with Gasteiger partial charge in [-0.1, -0.05) is 18.7 Å². The van der Waals surface area contributed by atoms with Crippen LogP contribution in [0, 0.1) is 5.92 Å². The fourth-order valence-electron chi connectivity index (χ4n) is 2.44. The summed E-state index contributed by atoms with van der Waals surface area (Å²) < 4.78 is 5.44. The molecule has 0 bridgehead atoms. The second kappa shape index (κ2) is 5.47. The Bertz CT molecular complexity index is 476. The van der Waals surface area contributed by atoms with Gasteiger partial charge in [-0.05, 0) is 64.0 Å². The van der Waals surface area contributed by atoms with Gasteiger partial charge in [0.25, 0.3) is 0 Å². The smallest absolute Gasteiger partial charge is 0.414 e. The van der Waals surface area contributed by atoms with Crippen molar-refractivity contribution in [3.63, 3.8) is 0 Å². The molecule has 0 atom stereocenters. The van der Waals surface area contributed by atoms with E-state index in [0.717, 1.165) is 12.1 Å². The van der Waals surface area contributed by atoms with E-state index in [0.29, 0.717) is 12.5 Å². The molecule has 0 aromatic rings. The predicted molar refractivity (Wildman–Crippen MR) is 81.3 cm³/mol. The average Bonchev–Trinajstić information content (AvgIpc) is 3.09.